The molecule has 0 saturated heterocycles. The lowest BCUT2D eigenvalue weighted by Gasteiger charge is -2.11. The molecule has 0 aliphatic carbocycles. The van der Waals surface area contributed by atoms with Crippen LogP contribution in [0.4, 0.5) is 4.39 Å². The van der Waals surface area contributed by atoms with E-state index in [-0.39, 0.29) is 17.1 Å². The van der Waals surface area contributed by atoms with E-state index < -0.39 is 29.8 Å². The van der Waals surface area contributed by atoms with Crippen molar-refractivity contribution >= 4 is 29.2 Å². The third-order valence-corrected chi connectivity index (χ3v) is 8.96. The first kappa shape index (κ1) is 40.3. The van der Waals surface area contributed by atoms with Gasteiger partial charge in [0, 0.05) is 5.56 Å². The fourth-order valence-corrected chi connectivity index (χ4v) is 5.73. The van der Waals surface area contributed by atoms with Crippen LogP contribution in [-0.2, 0) is 14.3 Å². The number of rotatable bonds is 22. The van der Waals surface area contributed by atoms with E-state index in [1.54, 1.807) is 36.4 Å². The van der Waals surface area contributed by atoms with Gasteiger partial charge in [-0.3, -0.25) is 0 Å². The molecule has 1 unspecified atom stereocenters. The largest absolute Gasteiger partial charge is 0.491 e. The summed E-state index contributed by atoms with van der Waals surface area (Å²) in [7, 11) is 0. The number of hydrogen-bond donors (Lipinski definition) is 0. The maximum Gasteiger partial charge on any atom is 0.349 e. The summed E-state index contributed by atoms with van der Waals surface area (Å²) in [5.74, 6) is 3.92. The summed E-state index contributed by atoms with van der Waals surface area (Å²) in [5.41, 5.74) is 0.741. The van der Waals surface area contributed by atoms with Crippen LogP contribution < -0.4 is 9.47 Å². The van der Waals surface area contributed by atoms with Gasteiger partial charge in [0.2, 0.25) is 0 Å². The van der Waals surface area contributed by atoms with E-state index in [1.165, 1.54) is 76.8 Å². The summed E-state index contributed by atoms with van der Waals surface area (Å²) in [5, 5.41) is 0. The van der Waals surface area contributed by atoms with Crippen LogP contribution in [0.25, 0.3) is 0 Å². The Balaban J connectivity index is 1.37. The smallest absolute Gasteiger partial charge is 0.349 e. The zero-order chi connectivity index (χ0) is 36.0. The highest BCUT2D eigenvalue weighted by atomic mass is 32.1. The molecule has 9 heteroatoms. The lowest BCUT2D eigenvalue weighted by Crippen LogP contribution is -2.26. The van der Waals surface area contributed by atoms with Gasteiger partial charge in [0.25, 0.3) is 0 Å². The van der Waals surface area contributed by atoms with Gasteiger partial charge >= 0.3 is 17.9 Å². The van der Waals surface area contributed by atoms with Crippen molar-refractivity contribution in [2.75, 3.05) is 13.2 Å². The minimum Gasteiger partial charge on any atom is -0.491 e. The zero-order valence-electron chi connectivity index (χ0n) is 29.7. The number of esters is 3. The van der Waals surface area contributed by atoms with Crippen molar-refractivity contribution in [1.82, 2.24) is 0 Å². The van der Waals surface area contributed by atoms with Gasteiger partial charge in [0.1, 0.15) is 10.6 Å². The summed E-state index contributed by atoms with van der Waals surface area (Å²) < 4.78 is 36.0. The van der Waals surface area contributed by atoms with Crippen LogP contribution in [0.15, 0.2) is 54.6 Å². The Kier molecular flexibility index (Phi) is 18.8. The Morgan fingerprint density at radius 3 is 2.00 bits per heavy atom. The minimum atomic E-state index is -1.00. The summed E-state index contributed by atoms with van der Waals surface area (Å²) in [6.45, 7) is 6.44. The van der Waals surface area contributed by atoms with E-state index in [4.69, 9.17) is 18.9 Å². The first-order valence-corrected chi connectivity index (χ1v) is 18.9. The molecule has 0 spiro atoms. The highest BCUT2D eigenvalue weighted by Crippen LogP contribution is 2.22. The molecule has 1 heterocycles. The van der Waals surface area contributed by atoms with Gasteiger partial charge in [-0.15, -0.1) is 11.3 Å². The van der Waals surface area contributed by atoms with Crippen molar-refractivity contribution < 1.29 is 37.7 Å². The van der Waals surface area contributed by atoms with Crippen LogP contribution >= 0.6 is 11.3 Å². The number of hydrogen-bond acceptors (Lipinski definition) is 8. The van der Waals surface area contributed by atoms with Crippen molar-refractivity contribution in [3.8, 4) is 23.3 Å². The quantitative estimate of drug-likeness (QED) is 0.0445. The van der Waals surface area contributed by atoms with Crippen LogP contribution in [0.2, 0.25) is 0 Å². The molecule has 0 aliphatic heterocycles. The van der Waals surface area contributed by atoms with E-state index >= 15 is 0 Å². The predicted molar refractivity (Wildman–Crippen MR) is 195 cm³/mol. The average molecular weight is 707 g/mol. The Bertz CT molecular complexity index is 1540. The molecule has 3 rings (SSSR count). The van der Waals surface area contributed by atoms with Crippen LogP contribution in [0.1, 0.15) is 141 Å². The molecule has 0 saturated carbocycles. The molecule has 50 heavy (non-hydrogen) atoms. The molecular weight excluding hydrogens is 656 g/mol. The van der Waals surface area contributed by atoms with Gasteiger partial charge in [-0.1, -0.05) is 103 Å². The van der Waals surface area contributed by atoms with Gasteiger partial charge in [-0.05, 0) is 74.4 Å². The highest BCUT2D eigenvalue weighted by molar-refractivity contribution is 7.14. The predicted octanol–water partition coefficient (Wildman–Crippen LogP) is 10.5. The first-order chi connectivity index (χ1) is 24.3. The molecule has 0 bridgehead atoms. The Morgan fingerprint density at radius 1 is 0.720 bits per heavy atom. The number of halogens is 1. The van der Waals surface area contributed by atoms with E-state index in [0.717, 1.165) is 49.5 Å². The number of ether oxygens (including phenoxy) is 4. The molecule has 0 fully saturated rings. The maximum atomic E-state index is 14.7. The van der Waals surface area contributed by atoms with Gasteiger partial charge in [0.15, 0.2) is 17.7 Å². The monoisotopic (exact) mass is 706 g/mol. The van der Waals surface area contributed by atoms with E-state index in [0.29, 0.717) is 28.5 Å². The molecule has 0 aliphatic rings. The normalized spacial score (nSPS) is 11.3. The summed E-state index contributed by atoms with van der Waals surface area (Å²) >= 11 is 1.15. The van der Waals surface area contributed by atoms with Gasteiger partial charge in [-0.2, -0.15) is 0 Å². The third-order valence-electron chi connectivity index (χ3n) is 7.98. The summed E-state index contributed by atoms with van der Waals surface area (Å²) in [6.07, 6.45) is 15.6. The molecule has 270 valence electrons. The number of unbranched alkanes of at least 4 members (excludes halogenated alkanes) is 12. The first-order valence-electron chi connectivity index (χ1n) is 18.0. The highest BCUT2D eigenvalue weighted by Gasteiger charge is 2.21. The standard InChI is InChI=1S/C41H51FO7S/c1-4-6-8-9-10-11-12-13-14-15-16-17-29-46-37-26-21-33(30-36(37)42)40(44)49-34-22-18-32(19-23-34)20-24-35-25-27-38(50-35)41(45)48-31(3)39(43)47-28-7-5-2/h18-19,21-23,25-27,30-31H,4-17,28-29H2,1-3H3. The summed E-state index contributed by atoms with van der Waals surface area (Å²) in [6, 6.07) is 14.0. The second kappa shape index (κ2) is 23.3. The minimum absolute atomic E-state index is 0.0823. The topological polar surface area (TPSA) is 88.1 Å². The molecule has 2 aromatic carbocycles. The SMILES string of the molecule is CCCCCCCCCCCCCCOc1ccc(C(=O)Oc2ccc(C#Cc3ccc(C(=O)OC(C)C(=O)OCCCC)s3)cc2)cc1F. The fourth-order valence-electron chi connectivity index (χ4n) is 4.99. The van der Waals surface area contributed by atoms with Crippen molar-refractivity contribution in [3.63, 3.8) is 0 Å². The Hall–Kier alpha value is -4.16. The maximum absolute atomic E-state index is 14.7. The van der Waals surface area contributed by atoms with Crippen LogP contribution in [-0.4, -0.2) is 37.2 Å². The van der Waals surface area contributed by atoms with Crippen molar-refractivity contribution in [1.29, 1.82) is 0 Å². The zero-order valence-corrected chi connectivity index (χ0v) is 30.5. The molecule has 3 aromatic rings. The average Bonchev–Trinajstić information content (AvgIpc) is 3.60. The lowest BCUT2D eigenvalue weighted by atomic mass is 10.1. The fraction of sp³-hybridized carbons (Fsp3) is 0.488. The molecule has 0 N–H and O–H groups in total. The molecule has 1 aromatic heterocycles. The Morgan fingerprint density at radius 2 is 1.36 bits per heavy atom. The second-order valence-corrected chi connectivity index (χ2v) is 13.4. The number of benzene rings is 2. The number of thiophene rings is 1. The molecule has 1 atom stereocenters. The summed E-state index contributed by atoms with van der Waals surface area (Å²) in [4.78, 5) is 38.0. The Labute approximate surface area is 300 Å². The molecular formula is C41H51FO7S. The van der Waals surface area contributed by atoms with Crippen LogP contribution in [0.5, 0.6) is 11.5 Å². The molecule has 0 amide bonds. The molecule has 0 radical (unpaired) electrons. The van der Waals surface area contributed by atoms with Gasteiger partial charge < -0.3 is 18.9 Å². The van der Waals surface area contributed by atoms with E-state index in [9.17, 15) is 18.8 Å². The van der Waals surface area contributed by atoms with Crippen LogP contribution in [0, 0.1) is 17.7 Å². The van der Waals surface area contributed by atoms with Gasteiger partial charge in [-0.25, -0.2) is 18.8 Å². The van der Waals surface area contributed by atoms with Crippen molar-refractivity contribution in [2.24, 2.45) is 0 Å². The lowest BCUT2D eigenvalue weighted by molar-refractivity contribution is -0.153. The van der Waals surface area contributed by atoms with E-state index in [1.807, 2.05) is 6.92 Å². The van der Waals surface area contributed by atoms with Crippen LogP contribution in [0.3, 0.4) is 0 Å². The van der Waals surface area contributed by atoms with Gasteiger partial charge in [0.05, 0.1) is 23.7 Å². The van der Waals surface area contributed by atoms with Crippen molar-refractivity contribution in [2.45, 2.75) is 117 Å². The number of carbonyl (C=O) groups is 3. The second-order valence-electron chi connectivity index (χ2n) is 12.3. The number of carbonyl (C=O) groups excluding carboxylic acids is 3. The van der Waals surface area contributed by atoms with Crippen molar-refractivity contribution in [3.05, 3.63) is 81.3 Å². The molecule has 7 nitrogen and oxygen atoms in total. The third kappa shape index (κ3) is 15.2. The van der Waals surface area contributed by atoms with E-state index in [2.05, 4.69) is 18.8 Å².